The van der Waals surface area contributed by atoms with Gasteiger partial charge in [-0.2, -0.15) is 0 Å². The summed E-state index contributed by atoms with van der Waals surface area (Å²) in [4.78, 5) is 23.1. The molecule has 0 saturated carbocycles. The number of nitrogens with zero attached hydrogens (tertiary/aromatic N) is 3. The maximum atomic E-state index is 12.4. The topological polar surface area (TPSA) is 80.2 Å². The minimum absolute atomic E-state index is 0.0276. The minimum atomic E-state index is -3.11. The molecule has 3 rings (SSSR count). The van der Waals surface area contributed by atoms with Crippen LogP contribution in [0.3, 0.4) is 0 Å². The van der Waals surface area contributed by atoms with Crippen molar-refractivity contribution < 1.29 is 13.2 Å². The van der Waals surface area contributed by atoms with E-state index >= 15 is 0 Å². The minimum Gasteiger partial charge on any atom is -0.332 e. The summed E-state index contributed by atoms with van der Waals surface area (Å²) in [7, 11) is -3.11. The molecule has 1 aromatic heterocycles. The van der Waals surface area contributed by atoms with Crippen LogP contribution in [0.25, 0.3) is 0 Å². The fraction of sp³-hybridized carbons (Fsp3) is 0.562. The molecule has 2 aliphatic heterocycles. The number of aromatic nitrogens is 2. The van der Waals surface area contributed by atoms with Gasteiger partial charge in [0.15, 0.2) is 9.84 Å². The Bertz CT molecular complexity index is 756. The zero-order valence-corrected chi connectivity index (χ0v) is 14.2. The Kier molecular flexibility index (Phi) is 4.23. The number of hydrogen-bond acceptors (Lipinski definition) is 5. The van der Waals surface area contributed by atoms with Gasteiger partial charge in [-0.05, 0) is 5.92 Å². The zero-order valence-electron chi connectivity index (χ0n) is 13.4. The predicted octanol–water partition coefficient (Wildman–Crippen LogP) is 1.47. The lowest BCUT2D eigenvalue weighted by atomic mass is 10.1. The van der Waals surface area contributed by atoms with Crippen LogP contribution < -0.4 is 0 Å². The second kappa shape index (κ2) is 6.03. The van der Waals surface area contributed by atoms with Crippen LogP contribution in [-0.4, -0.2) is 34.9 Å². The molecule has 0 aromatic carbocycles. The van der Waals surface area contributed by atoms with Gasteiger partial charge in [0.1, 0.15) is 5.82 Å². The molecule has 1 atom stereocenters. The number of allylic oxidation sites excluding steroid dienone is 1. The highest BCUT2D eigenvalue weighted by molar-refractivity contribution is 7.94. The van der Waals surface area contributed by atoms with Crippen LogP contribution in [0, 0.1) is 11.8 Å². The first-order valence-electron chi connectivity index (χ1n) is 7.85. The lowest BCUT2D eigenvalue weighted by Gasteiger charge is -2.16. The first-order chi connectivity index (χ1) is 10.8. The first-order valence-corrected chi connectivity index (χ1v) is 9.56. The smallest absolute Gasteiger partial charge is 0.223 e. The predicted molar refractivity (Wildman–Crippen MR) is 85.9 cm³/mol. The van der Waals surface area contributed by atoms with E-state index in [4.69, 9.17) is 0 Å². The first kappa shape index (κ1) is 16.1. The maximum Gasteiger partial charge on any atom is 0.223 e. The number of hydrogen-bond donors (Lipinski definition) is 0. The van der Waals surface area contributed by atoms with Gasteiger partial charge in [-0.15, -0.1) is 0 Å². The number of sulfone groups is 1. The third-order valence-corrected chi connectivity index (χ3v) is 5.56. The van der Waals surface area contributed by atoms with Crippen LogP contribution in [0.4, 0.5) is 0 Å². The summed E-state index contributed by atoms with van der Waals surface area (Å²) in [6.07, 6.45) is 4.49. The average Bonchev–Trinajstić information content (AvgIpc) is 3.01. The van der Waals surface area contributed by atoms with Crippen LogP contribution in [0.2, 0.25) is 0 Å². The van der Waals surface area contributed by atoms with Crippen molar-refractivity contribution in [3.8, 4) is 0 Å². The molecule has 0 unspecified atom stereocenters. The van der Waals surface area contributed by atoms with Crippen molar-refractivity contribution in [3.63, 3.8) is 0 Å². The normalized spacial score (nSPS) is 21.9. The molecule has 0 bridgehead atoms. The Hall–Kier alpha value is -1.76. The summed E-state index contributed by atoms with van der Waals surface area (Å²) in [6, 6.07) is 0. The third kappa shape index (κ3) is 3.77. The third-order valence-electron chi connectivity index (χ3n) is 4.09. The van der Waals surface area contributed by atoms with Crippen molar-refractivity contribution in [2.75, 3.05) is 5.75 Å². The molecule has 0 N–H and O–H groups in total. The zero-order chi connectivity index (χ0) is 16.6. The highest BCUT2D eigenvalue weighted by atomic mass is 32.2. The highest BCUT2D eigenvalue weighted by Crippen LogP contribution is 2.25. The molecule has 1 aromatic rings. The summed E-state index contributed by atoms with van der Waals surface area (Å²) in [5, 5.41) is 1.22. The van der Waals surface area contributed by atoms with E-state index in [2.05, 4.69) is 23.8 Å². The van der Waals surface area contributed by atoms with E-state index in [1.165, 1.54) is 5.41 Å². The Morgan fingerprint density at radius 3 is 2.83 bits per heavy atom. The van der Waals surface area contributed by atoms with Gasteiger partial charge in [0.25, 0.3) is 0 Å². The molecule has 0 fully saturated rings. The van der Waals surface area contributed by atoms with Crippen LogP contribution in [0.5, 0.6) is 0 Å². The molecular weight excluding hydrogens is 314 g/mol. The van der Waals surface area contributed by atoms with Crippen LogP contribution in [0.15, 0.2) is 17.7 Å². The molecule has 6 nitrogen and oxygen atoms in total. The van der Waals surface area contributed by atoms with Crippen molar-refractivity contribution in [2.45, 2.75) is 39.8 Å². The van der Waals surface area contributed by atoms with Crippen LogP contribution >= 0.6 is 0 Å². The van der Waals surface area contributed by atoms with E-state index in [1.54, 1.807) is 11.0 Å². The maximum absolute atomic E-state index is 12.4. The van der Waals surface area contributed by atoms with Crippen LogP contribution in [-0.2, 0) is 34.1 Å². The monoisotopic (exact) mass is 335 g/mol. The summed E-state index contributed by atoms with van der Waals surface area (Å²) < 4.78 is 22.8. The van der Waals surface area contributed by atoms with Gasteiger partial charge in [0.05, 0.1) is 18.0 Å². The molecule has 0 radical (unpaired) electrons. The van der Waals surface area contributed by atoms with Gasteiger partial charge in [-0.25, -0.2) is 18.4 Å². The van der Waals surface area contributed by atoms with E-state index in [-0.39, 0.29) is 24.0 Å². The molecular formula is C16H21N3O3S. The van der Waals surface area contributed by atoms with E-state index in [0.717, 1.165) is 23.5 Å². The Balaban J connectivity index is 1.63. The molecule has 1 amide bonds. The molecule has 7 heteroatoms. The number of carbonyl (C=O) groups excluding carboxylic acids is 1. The van der Waals surface area contributed by atoms with Gasteiger partial charge in [0.2, 0.25) is 5.91 Å². The lowest BCUT2D eigenvalue weighted by Crippen LogP contribution is -2.27. The van der Waals surface area contributed by atoms with Gasteiger partial charge >= 0.3 is 0 Å². The summed E-state index contributed by atoms with van der Waals surface area (Å²) >= 11 is 0. The van der Waals surface area contributed by atoms with Crippen molar-refractivity contribution in [2.24, 2.45) is 11.8 Å². The molecule has 3 heterocycles. The summed E-state index contributed by atoms with van der Waals surface area (Å²) in [5.41, 5.74) is 1.90. The van der Waals surface area contributed by atoms with Gasteiger partial charge < -0.3 is 4.90 Å². The largest absolute Gasteiger partial charge is 0.332 e. The van der Waals surface area contributed by atoms with Gasteiger partial charge in [-0.1, -0.05) is 19.9 Å². The number of amides is 1. The summed E-state index contributed by atoms with van der Waals surface area (Å²) in [6.45, 7) is 5.25. The molecule has 124 valence electrons. The molecule has 0 spiro atoms. The van der Waals surface area contributed by atoms with E-state index < -0.39 is 9.84 Å². The molecule has 2 aliphatic rings. The lowest BCUT2D eigenvalue weighted by molar-refractivity contribution is -0.132. The fourth-order valence-corrected chi connectivity index (χ4v) is 4.35. The van der Waals surface area contributed by atoms with E-state index in [0.29, 0.717) is 19.0 Å². The van der Waals surface area contributed by atoms with Gasteiger partial charge in [-0.3, -0.25) is 4.79 Å². The Morgan fingerprint density at radius 1 is 1.39 bits per heavy atom. The van der Waals surface area contributed by atoms with Crippen molar-refractivity contribution in [1.29, 1.82) is 0 Å². The van der Waals surface area contributed by atoms with E-state index in [1.807, 2.05) is 6.20 Å². The van der Waals surface area contributed by atoms with Gasteiger partial charge in [0, 0.05) is 42.5 Å². The fourth-order valence-electron chi connectivity index (χ4n) is 2.96. The second-order valence-electron chi connectivity index (χ2n) is 6.73. The van der Waals surface area contributed by atoms with Crippen molar-refractivity contribution >= 4 is 15.7 Å². The Morgan fingerprint density at radius 2 is 2.17 bits per heavy atom. The second-order valence-corrected chi connectivity index (χ2v) is 8.66. The highest BCUT2D eigenvalue weighted by Gasteiger charge is 2.29. The van der Waals surface area contributed by atoms with Crippen LogP contribution in [0.1, 0.15) is 37.4 Å². The SMILES string of the molecule is CC(C)Cc1ncc2c(n1)CN(C(=O)C[C@@H]1C=CS(=O)(=O)C1)C2. The summed E-state index contributed by atoms with van der Waals surface area (Å²) in [5.74, 6) is 1.11. The quantitative estimate of drug-likeness (QED) is 0.832. The van der Waals surface area contributed by atoms with E-state index in [9.17, 15) is 13.2 Å². The molecule has 0 aliphatic carbocycles. The standard InChI is InChI=1S/C16H21N3O3S/c1-11(2)5-15-17-7-13-8-19(9-14(13)18-15)16(20)6-12-3-4-23(21,22)10-12/h3-4,7,11-12H,5-6,8-10H2,1-2H3/t12-/m0/s1. The number of fused-ring (bicyclic) bond motifs is 1. The Labute approximate surface area is 136 Å². The van der Waals surface area contributed by atoms with Crippen molar-refractivity contribution in [1.82, 2.24) is 14.9 Å². The number of rotatable bonds is 4. The number of carbonyl (C=O) groups is 1. The molecule has 0 saturated heterocycles. The average molecular weight is 335 g/mol. The van der Waals surface area contributed by atoms with Crippen molar-refractivity contribution in [3.05, 3.63) is 34.8 Å². The molecule has 23 heavy (non-hydrogen) atoms.